The molecule has 0 fully saturated rings. The quantitative estimate of drug-likeness (QED) is 0.326. The Hall–Kier alpha value is -4.20. The van der Waals surface area contributed by atoms with Gasteiger partial charge in [-0.1, -0.05) is 86.5 Å². The van der Waals surface area contributed by atoms with Crippen LogP contribution in [-0.2, 0) is 25.5 Å². The number of esters is 1. The molecule has 3 aromatic carbocycles. The zero-order chi connectivity index (χ0) is 27.1. The summed E-state index contributed by atoms with van der Waals surface area (Å²) in [6, 6.07) is 20.5. The van der Waals surface area contributed by atoms with Crippen molar-refractivity contribution in [1.82, 2.24) is 5.32 Å². The van der Waals surface area contributed by atoms with E-state index in [4.69, 9.17) is 9.47 Å². The van der Waals surface area contributed by atoms with Crippen molar-refractivity contribution in [3.05, 3.63) is 95.3 Å². The van der Waals surface area contributed by atoms with Crippen LogP contribution in [0.3, 0.4) is 0 Å². The molecule has 0 bridgehead atoms. The van der Waals surface area contributed by atoms with Crippen molar-refractivity contribution in [2.45, 2.75) is 50.7 Å². The number of unbranched alkanes of at least 4 members (excludes halogenated alkanes) is 1. The molecular weight excluding hydrogens is 489 g/mol. The zero-order valence-electron chi connectivity index (χ0n) is 21.1. The van der Waals surface area contributed by atoms with Gasteiger partial charge in [-0.2, -0.15) is 0 Å². The number of amides is 1. The summed E-state index contributed by atoms with van der Waals surface area (Å²) in [5.74, 6) is -3.05. The Morgan fingerprint density at radius 3 is 2.16 bits per heavy atom. The Balaban J connectivity index is 1.41. The van der Waals surface area contributed by atoms with Crippen LogP contribution in [0.1, 0.15) is 48.8 Å². The van der Waals surface area contributed by atoms with Gasteiger partial charge in [0.15, 0.2) is 0 Å². The molecule has 0 heterocycles. The molecule has 7 nitrogen and oxygen atoms in total. The number of nitrogens with one attached hydrogen (secondary N) is 1. The van der Waals surface area contributed by atoms with Crippen LogP contribution in [0.5, 0.6) is 0 Å². The van der Waals surface area contributed by atoms with Crippen LogP contribution in [-0.4, -0.2) is 41.9 Å². The first-order valence-corrected chi connectivity index (χ1v) is 12.7. The van der Waals surface area contributed by atoms with Gasteiger partial charge in [0.05, 0.1) is 0 Å². The van der Waals surface area contributed by atoms with Crippen LogP contribution < -0.4 is 5.32 Å². The second-order valence-corrected chi connectivity index (χ2v) is 9.22. The van der Waals surface area contributed by atoms with E-state index in [1.54, 1.807) is 6.07 Å². The standard InChI is InChI=1S/C30H30FNO6/c1-2-3-16-26(29(35)38-27(28(33)34)17-19-10-4-9-15-25(19)31)32-30(36)37-18-24-22-13-7-5-11-20(22)21-12-6-8-14-23(21)24/h4-15,24,26-27H,2-3,16-18H2,1H3,(H,32,36)(H,33,34). The van der Waals surface area contributed by atoms with Gasteiger partial charge in [0.25, 0.3) is 0 Å². The number of benzene rings is 3. The highest BCUT2D eigenvalue weighted by molar-refractivity contribution is 5.84. The lowest BCUT2D eigenvalue weighted by molar-refractivity contribution is -0.165. The van der Waals surface area contributed by atoms with Gasteiger partial charge < -0.3 is 19.9 Å². The lowest BCUT2D eigenvalue weighted by Crippen LogP contribution is -2.44. The fourth-order valence-corrected chi connectivity index (χ4v) is 4.70. The largest absolute Gasteiger partial charge is 0.478 e. The van der Waals surface area contributed by atoms with E-state index in [1.807, 2.05) is 55.5 Å². The highest BCUT2D eigenvalue weighted by Gasteiger charge is 2.32. The molecule has 0 spiro atoms. The van der Waals surface area contributed by atoms with E-state index in [0.717, 1.165) is 28.7 Å². The Morgan fingerprint density at radius 2 is 1.55 bits per heavy atom. The minimum absolute atomic E-state index is 0.0699. The van der Waals surface area contributed by atoms with Crippen molar-refractivity contribution >= 4 is 18.0 Å². The molecule has 2 unspecified atom stereocenters. The summed E-state index contributed by atoms with van der Waals surface area (Å²) in [4.78, 5) is 37.4. The number of carboxylic acid groups (broad SMARTS) is 1. The number of ether oxygens (including phenoxy) is 2. The van der Waals surface area contributed by atoms with Crippen LogP contribution in [0.25, 0.3) is 11.1 Å². The summed E-state index contributed by atoms with van der Waals surface area (Å²) < 4.78 is 24.8. The second kappa shape index (κ2) is 12.4. The van der Waals surface area contributed by atoms with Crippen LogP contribution in [0, 0.1) is 5.82 Å². The van der Waals surface area contributed by atoms with E-state index >= 15 is 0 Å². The van der Waals surface area contributed by atoms with Crippen molar-refractivity contribution in [1.29, 1.82) is 0 Å². The number of rotatable bonds is 11. The minimum atomic E-state index is -1.60. The molecule has 0 saturated heterocycles. The fourth-order valence-electron chi connectivity index (χ4n) is 4.70. The van der Waals surface area contributed by atoms with Crippen LogP contribution in [0.15, 0.2) is 72.8 Å². The summed E-state index contributed by atoms with van der Waals surface area (Å²) >= 11 is 0. The molecular formula is C30H30FNO6. The monoisotopic (exact) mass is 519 g/mol. The molecule has 0 saturated carbocycles. The Bertz CT molecular complexity index is 1260. The molecule has 198 valence electrons. The Kier molecular flexibility index (Phi) is 8.73. The van der Waals surface area contributed by atoms with Gasteiger partial charge in [0.2, 0.25) is 6.10 Å². The van der Waals surface area contributed by atoms with Crippen LogP contribution >= 0.6 is 0 Å². The van der Waals surface area contributed by atoms with E-state index in [-0.39, 0.29) is 30.9 Å². The van der Waals surface area contributed by atoms with Crippen molar-refractivity contribution in [2.24, 2.45) is 0 Å². The smallest absolute Gasteiger partial charge is 0.407 e. The third-order valence-electron chi connectivity index (χ3n) is 6.66. The van der Waals surface area contributed by atoms with Gasteiger partial charge in [0, 0.05) is 12.3 Å². The average Bonchev–Trinajstić information content (AvgIpc) is 3.24. The molecule has 0 aliphatic heterocycles. The van der Waals surface area contributed by atoms with Gasteiger partial charge in [0.1, 0.15) is 18.5 Å². The molecule has 8 heteroatoms. The fraction of sp³-hybridized carbons (Fsp3) is 0.300. The normalized spacial score (nSPS) is 13.6. The van der Waals surface area contributed by atoms with E-state index in [0.29, 0.717) is 6.42 Å². The first kappa shape index (κ1) is 26.9. The van der Waals surface area contributed by atoms with Crippen molar-refractivity contribution in [3.63, 3.8) is 0 Å². The summed E-state index contributed by atoms with van der Waals surface area (Å²) in [7, 11) is 0. The van der Waals surface area contributed by atoms with E-state index in [2.05, 4.69) is 5.32 Å². The van der Waals surface area contributed by atoms with Gasteiger partial charge >= 0.3 is 18.0 Å². The topological polar surface area (TPSA) is 102 Å². The van der Waals surface area contributed by atoms with Crippen LogP contribution in [0.2, 0.25) is 0 Å². The molecule has 1 amide bonds. The third kappa shape index (κ3) is 6.19. The van der Waals surface area contributed by atoms with Gasteiger partial charge in [-0.05, 0) is 40.3 Å². The SMILES string of the molecule is CCCCC(NC(=O)OCC1c2ccccc2-c2ccccc21)C(=O)OC(Cc1ccccc1F)C(=O)O. The highest BCUT2D eigenvalue weighted by atomic mass is 19.1. The van der Waals surface area contributed by atoms with Gasteiger partial charge in [-0.25, -0.2) is 18.8 Å². The minimum Gasteiger partial charge on any atom is -0.478 e. The zero-order valence-corrected chi connectivity index (χ0v) is 21.1. The number of hydrogen-bond donors (Lipinski definition) is 2. The number of hydrogen-bond acceptors (Lipinski definition) is 5. The van der Waals surface area contributed by atoms with E-state index < -0.39 is 36.0 Å². The molecule has 0 aromatic heterocycles. The predicted molar refractivity (Wildman–Crippen MR) is 139 cm³/mol. The molecule has 2 N–H and O–H groups in total. The number of alkyl carbamates (subject to hydrolysis) is 1. The Morgan fingerprint density at radius 1 is 0.947 bits per heavy atom. The number of fused-ring (bicyclic) bond motifs is 3. The number of aliphatic carboxylic acids is 1. The lowest BCUT2D eigenvalue weighted by atomic mass is 9.98. The van der Waals surface area contributed by atoms with Crippen LogP contribution in [0.4, 0.5) is 9.18 Å². The van der Waals surface area contributed by atoms with E-state index in [1.165, 1.54) is 18.2 Å². The first-order valence-electron chi connectivity index (χ1n) is 12.7. The summed E-state index contributed by atoms with van der Waals surface area (Å²) in [5, 5.41) is 12.1. The molecule has 0 radical (unpaired) electrons. The van der Waals surface area contributed by atoms with E-state index in [9.17, 15) is 23.9 Å². The number of halogens is 1. The van der Waals surface area contributed by atoms with Gasteiger partial charge in [-0.3, -0.25) is 0 Å². The maximum Gasteiger partial charge on any atom is 0.407 e. The summed E-state index contributed by atoms with van der Waals surface area (Å²) in [5.41, 5.74) is 4.41. The Labute approximate surface area is 220 Å². The van der Waals surface area contributed by atoms with Crippen molar-refractivity contribution in [3.8, 4) is 11.1 Å². The molecule has 3 aromatic rings. The third-order valence-corrected chi connectivity index (χ3v) is 6.66. The number of carboxylic acids is 1. The summed E-state index contributed by atoms with van der Waals surface area (Å²) in [6.07, 6.45) is -1.16. The maximum atomic E-state index is 14.0. The molecule has 1 aliphatic carbocycles. The molecule has 38 heavy (non-hydrogen) atoms. The maximum absolute atomic E-state index is 14.0. The molecule has 2 atom stereocenters. The second-order valence-electron chi connectivity index (χ2n) is 9.22. The molecule has 4 rings (SSSR count). The predicted octanol–water partition coefficient (Wildman–Crippen LogP) is 5.46. The molecule has 1 aliphatic rings. The first-order chi connectivity index (χ1) is 18.4. The number of carbonyl (C=O) groups is 3. The van der Waals surface area contributed by atoms with Crippen molar-refractivity contribution in [2.75, 3.05) is 6.61 Å². The summed E-state index contributed by atoms with van der Waals surface area (Å²) in [6.45, 7) is 1.99. The lowest BCUT2D eigenvalue weighted by Gasteiger charge is -2.21. The highest BCUT2D eigenvalue weighted by Crippen LogP contribution is 2.44. The van der Waals surface area contributed by atoms with Gasteiger partial charge in [-0.15, -0.1) is 0 Å². The number of carbonyl (C=O) groups excluding carboxylic acids is 2. The van der Waals surface area contributed by atoms with Crippen molar-refractivity contribution < 1.29 is 33.4 Å². The average molecular weight is 520 g/mol.